The molecule has 0 fully saturated rings. The van der Waals surface area contributed by atoms with Gasteiger partial charge < -0.3 is 25.4 Å². The predicted octanol–water partition coefficient (Wildman–Crippen LogP) is 3.33. The number of carbonyl (C=O) groups is 1. The minimum Gasteiger partial charge on any atom is -0.493 e. The van der Waals surface area contributed by atoms with Crippen molar-refractivity contribution in [2.75, 3.05) is 30.2 Å². The quantitative estimate of drug-likeness (QED) is 0.572. The van der Waals surface area contributed by atoms with Crippen LogP contribution in [0.1, 0.15) is 6.92 Å². The highest BCUT2D eigenvalue weighted by Gasteiger charge is 2.07. The maximum absolute atomic E-state index is 11.1. The van der Waals surface area contributed by atoms with E-state index in [0.717, 1.165) is 17.1 Å². The van der Waals surface area contributed by atoms with Gasteiger partial charge in [-0.2, -0.15) is 10.1 Å². The Morgan fingerprint density at radius 2 is 1.57 bits per heavy atom. The van der Waals surface area contributed by atoms with Crippen molar-refractivity contribution in [3.05, 3.63) is 48.7 Å². The Balaban J connectivity index is 1.71. The van der Waals surface area contributed by atoms with Crippen molar-refractivity contribution in [3.63, 3.8) is 0 Å². The van der Waals surface area contributed by atoms with Gasteiger partial charge in [-0.05, 0) is 36.4 Å². The summed E-state index contributed by atoms with van der Waals surface area (Å²) in [7, 11) is 3.15. The summed E-state index contributed by atoms with van der Waals surface area (Å²) in [6, 6.07) is 12.6. The highest BCUT2D eigenvalue weighted by molar-refractivity contribution is 5.88. The zero-order valence-corrected chi connectivity index (χ0v) is 15.7. The van der Waals surface area contributed by atoms with E-state index in [-0.39, 0.29) is 5.91 Å². The molecular weight excluding hydrogens is 360 g/mol. The van der Waals surface area contributed by atoms with E-state index in [4.69, 9.17) is 9.47 Å². The molecule has 0 atom stereocenters. The van der Waals surface area contributed by atoms with Crippen LogP contribution in [-0.2, 0) is 4.79 Å². The molecule has 9 nitrogen and oxygen atoms in total. The number of nitrogens with zero attached hydrogens (tertiary/aromatic N) is 3. The van der Waals surface area contributed by atoms with Crippen LogP contribution in [0.15, 0.2) is 48.7 Å². The number of hydrogen-bond donors (Lipinski definition) is 3. The van der Waals surface area contributed by atoms with E-state index in [1.807, 2.05) is 18.2 Å². The molecule has 3 aromatic rings. The lowest BCUT2D eigenvalue weighted by atomic mass is 10.2. The molecule has 2 aromatic carbocycles. The van der Waals surface area contributed by atoms with E-state index >= 15 is 0 Å². The first-order valence-electron chi connectivity index (χ1n) is 8.41. The summed E-state index contributed by atoms with van der Waals surface area (Å²) in [5.74, 6) is 1.95. The number of methoxy groups -OCH3 is 2. The van der Waals surface area contributed by atoms with Gasteiger partial charge in [0.15, 0.2) is 17.3 Å². The monoisotopic (exact) mass is 380 g/mol. The molecule has 0 aliphatic rings. The largest absolute Gasteiger partial charge is 0.493 e. The fourth-order valence-electron chi connectivity index (χ4n) is 2.45. The molecule has 28 heavy (non-hydrogen) atoms. The van der Waals surface area contributed by atoms with Gasteiger partial charge in [-0.15, -0.1) is 5.10 Å². The van der Waals surface area contributed by atoms with E-state index < -0.39 is 0 Å². The Hall–Kier alpha value is -3.88. The molecule has 3 rings (SSSR count). The molecule has 0 aliphatic carbocycles. The van der Waals surface area contributed by atoms with Crippen LogP contribution in [0.3, 0.4) is 0 Å². The molecule has 0 saturated heterocycles. The number of anilines is 5. The summed E-state index contributed by atoms with van der Waals surface area (Å²) in [6.07, 6.45) is 1.52. The van der Waals surface area contributed by atoms with Gasteiger partial charge in [-0.25, -0.2) is 0 Å². The third-order valence-electron chi connectivity index (χ3n) is 3.68. The molecule has 144 valence electrons. The number of amides is 1. The standard InChI is InChI=1S/C19H20N6O3/c1-12(26)21-13-4-6-14(7-5-13)22-18-11-20-25-19(24-18)23-15-8-9-16(27-2)17(10-15)28-3/h4-11H,1-3H3,(H,21,26)(H2,22,23,24,25). The van der Waals surface area contributed by atoms with Crippen molar-refractivity contribution in [2.45, 2.75) is 6.92 Å². The zero-order chi connectivity index (χ0) is 19.9. The van der Waals surface area contributed by atoms with Crippen LogP contribution in [0.5, 0.6) is 11.5 Å². The van der Waals surface area contributed by atoms with E-state index in [1.54, 1.807) is 38.5 Å². The third kappa shape index (κ3) is 4.85. The predicted molar refractivity (Wildman–Crippen MR) is 107 cm³/mol. The van der Waals surface area contributed by atoms with Crippen LogP contribution >= 0.6 is 0 Å². The number of rotatable bonds is 7. The number of carbonyl (C=O) groups excluding carboxylic acids is 1. The van der Waals surface area contributed by atoms with Gasteiger partial charge in [0.1, 0.15) is 0 Å². The summed E-state index contributed by atoms with van der Waals surface area (Å²) < 4.78 is 10.5. The molecule has 3 N–H and O–H groups in total. The molecule has 1 heterocycles. The highest BCUT2D eigenvalue weighted by Crippen LogP contribution is 2.30. The molecule has 0 spiro atoms. The fraction of sp³-hybridized carbons (Fsp3) is 0.158. The normalized spacial score (nSPS) is 10.1. The lowest BCUT2D eigenvalue weighted by molar-refractivity contribution is -0.114. The molecule has 0 saturated carbocycles. The van der Waals surface area contributed by atoms with Crippen LogP contribution < -0.4 is 25.4 Å². The van der Waals surface area contributed by atoms with Crippen LogP contribution in [0.4, 0.5) is 28.8 Å². The summed E-state index contributed by atoms with van der Waals surface area (Å²) in [5.41, 5.74) is 2.25. The van der Waals surface area contributed by atoms with Gasteiger partial charge in [0.05, 0.1) is 20.4 Å². The molecule has 0 radical (unpaired) electrons. The van der Waals surface area contributed by atoms with Crippen molar-refractivity contribution in [1.82, 2.24) is 15.2 Å². The minimum absolute atomic E-state index is 0.119. The van der Waals surface area contributed by atoms with E-state index in [1.165, 1.54) is 13.1 Å². The Bertz CT molecular complexity index is 962. The lowest BCUT2D eigenvalue weighted by Crippen LogP contribution is -2.05. The maximum Gasteiger partial charge on any atom is 0.249 e. The molecule has 1 aromatic heterocycles. The van der Waals surface area contributed by atoms with E-state index in [9.17, 15) is 4.79 Å². The van der Waals surface area contributed by atoms with Gasteiger partial charge in [0, 0.05) is 30.1 Å². The molecule has 1 amide bonds. The first kappa shape index (κ1) is 18.9. The van der Waals surface area contributed by atoms with Crippen LogP contribution in [-0.4, -0.2) is 35.3 Å². The van der Waals surface area contributed by atoms with E-state index in [0.29, 0.717) is 23.3 Å². The zero-order valence-electron chi connectivity index (χ0n) is 15.7. The van der Waals surface area contributed by atoms with Crippen molar-refractivity contribution < 1.29 is 14.3 Å². The second-order valence-corrected chi connectivity index (χ2v) is 5.74. The molecule has 0 aliphatic heterocycles. The topological polar surface area (TPSA) is 110 Å². The highest BCUT2D eigenvalue weighted by atomic mass is 16.5. The molecular formula is C19H20N6O3. The number of ether oxygens (including phenoxy) is 2. The Kier molecular flexibility index (Phi) is 5.85. The summed E-state index contributed by atoms with van der Waals surface area (Å²) in [6.45, 7) is 1.46. The smallest absolute Gasteiger partial charge is 0.249 e. The maximum atomic E-state index is 11.1. The Morgan fingerprint density at radius 1 is 0.893 bits per heavy atom. The van der Waals surface area contributed by atoms with Gasteiger partial charge >= 0.3 is 0 Å². The second kappa shape index (κ2) is 8.67. The third-order valence-corrected chi connectivity index (χ3v) is 3.68. The lowest BCUT2D eigenvalue weighted by Gasteiger charge is -2.11. The SMILES string of the molecule is COc1ccc(Nc2nncc(Nc3ccc(NC(C)=O)cc3)n2)cc1OC. The van der Waals surface area contributed by atoms with Crippen molar-refractivity contribution in [2.24, 2.45) is 0 Å². The number of nitrogens with one attached hydrogen (secondary N) is 3. The number of benzene rings is 2. The van der Waals surface area contributed by atoms with E-state index in [2.05, 4.69) is 31.1 Å². The van der Waals surface area contributed by atoms with Crippen LogP contribution in [0.25, 0.3) is 0 Å². The van der Waals surface area contributed by atoms with Gasteiger partial charge in [-0.1, -0.05) is 0 Å². The fourth-order valence-corrected chi connectivity index (χ4v) is 2.45. The van der Waals surface area contributed by atoms with Crippen molar-refractivity contribution in [1.29, 1.82) is 0 Å². The van der Waals surface area contributed by atoms with Gasteiger partial charge in [0.25, 0.3) is 0 Å². The summed E-state index contributed by atoms with van der Waals surface area (Å²) in [4.78, 5) is 15.5. The number of hydrogen-bond acceptors (Lipinski definition) is 8. The molecule has 9 heteroatoms. The molecule has 0 unspecified atom stereocenters. The van der Waals surface area contributed by atoms with Gasteiger partial charge in [-0.3, -0.25) is 4.79 Å². The molecule has 0 bridgehead atoms. The summed E-state index contributed by atoms with van der Waals surface area (Å²) in [5, 5.41) is 16.9. The summed E-state index contributed by atoms with van der Waals surface area (Å²) >= 11 is 0. The van der Waals surface area contributed by atoms with Crippen molar-refractivity contribution >= 4 is 34.7 Å². The Morgan fingerprint density at radius 3 is 2.25 bits per heavy atom. The average Bonchev–Trinajstić information content (AvgIpc) is 2.69. The average molecular weight is 380 g/mol. The second-order valence-electron chi connectivity index (χ2n) is 5.74. The van der Waals surface area contributed by atoms with Crippen molar-refractivity contribution in [3.8, 4) is 11.5 Å². The first-order chi connectivity index (χ1) is 13.6. The first-order valence-corrected chi connectivity index (χ1v) is 8.41. The Labute approximate surface area is 162 Å². The van der Waals surface area contributed by atoms with Gasteiger partial charge in [0.2, 0.25) is 11.9 Å². The minimum atomic E-state index is -0.119. The van der Waals surface area contributed by atoms with Crippen LogP contribution in [0.2, 0.25) is 0 Å². The number of aromatic nitrogens is 3. The van der Waals surface area contributed by atoms with Crippen LogP contribution in [0, 0.1) is 0 Å².